The van der Waals surface area contributed by atoms with Crippen molar-refractivity contribution in [2.24, 2.45) is 0 Å². The van der Waals surface area contributed by atoms with Crippen molar-refractivity contribution in [1.29, 1.82) is 0 Å². The van der Waals surface area contributed by atoms with Gasteiger partial charge < -0.3 is 29.5 Å². The molecule has 3 heterocycles. The van der Waals surface area contributed by atoms with Crippen LogP contribution in [0, 0.1) is 11.6 Å². The van der Waals surface area contributed by atoms with Crippen LogP contribution in [0.4, 0.5) is 8.78 Å². The Morgan fingerprint density at radius 3 is 2.61 bits per heavy atom. The van der Waals surface area contributed by atoms with Gasteiger partial charge in [-0.15, -0.1) is 0 Å². The number of fused-ring (bicyclic) bond motifs is 6. The standard InChI is InChI=1S/C34H30F2N2O6/c1-42-30-11-6-21-17-31(30)43-15-3-13-37-34(41)26-18-23(8-10-29(26)39)44-22-7-9-24-20(16-22)12-14-38(33(21)24)32(40)19-25-27(35)4-2-5-28(25)36/h2,4-11,16-18,33,39H,3,12-15,19H2,1H3,(H,37,41). The maximum absolute atomic E-state index is 14.5. The quantitative estimate of drug-likeness (QED) is 0.313. The Bertz CT molecular complexity index is 1720. The highest BCUT2D eigenvalue weighted by Crippen LogP contribution is 2.41. The van der Waals surface area contributed by atoms with Gasteiger partial charge in [0.1, 0.15) is 28.9 Å². The van der Waals surface area contributed by atoms with E-state index in [1.165, 1.54) is 25.3 Å². The van der Waals surface area contributed by atoms with Gasteiger partial charge in [0, 0.05) is 18.7 Å². The van der Waals surface area contributed by atoms with E-state index in [1.807, 2.05) is 18.2 Å². The Labute approximate surface area is 252 Å². The molecule has 226 valence electrons. The number of carbonyl (C=O) groups excluding carboxylic acids is 2. The number of nitrogens with zero attached hydrogens (tertiary/aromatic N) is 1. The van der Waals surface area contributed by atoms with Crippen LogP contribution in [0.3, 0.4) is 0 Å². The fourth-order valence-corrected chi connectivity index (χ4v) is 5.67. The average Bonchev–Trinajstić information content (AvgIpc) is 3.02. The predicted octanol–water partition coefficient (Wildman–Crippen LogP) is 5.70. The van der Waals surface area contributed by atoms with Gasteiger partial charge in [0.2, 0.25) is 5.91 Å². The Balaban J connectivity index is 1.43. The summed E-state index contributed by atoms with van der Waals surface area (Å²) in [6.45, 7) is 0.823. The predicted molar refractivity (Wildman–Crippen MR) is 157 cm³/mol. The largest absolute Gasteiger partial charge is 0.507 e. The summed E-state index contributed by atoms with van der Waals surface area (Å²) in [5.41, 5.74) is 2.29. The summed E-state index contributed by atoms with van der Waals surface area (Å²) >= 11 is 0. The molecule has 0 spiro atoms. The first-order valence-corrected chi connectivity index (χ1v) is 14.3. The molecule has 4 aromatic carbocycles. The number of hydrogen-bond donors (Lipinski definition) is 2. The molecule has 4 aromatic rings. The second-order valence-electron chi connectivity index (χ2n) is 10.6. The van der Waals surface area contributed by atoms with Crippen molar-refractivity contribution >= 4 is 11.8 Å². The lowest BCUT2D eigenvalue weighted by atomic mass is 9.87. The molecular formula is C34H30F2N2O6. The van der Waals surface area contributed by atoms with Gasteiger partial charge in [-0.3, -0.25) is 9.59 Å². The Morgan fingerprint density at radius 2 is 1.82 bits per heavy atom. The molecule has 2 N–H and O–H groups in total. The van der Waals surface area contributed by atoms with Crippen molar-refractivity contribution in [3.8, 4) is 28.7 Å². The molecule has 8 bridgehead atoms. The number of carbonyl (C=O) groups is 2. The number of rotatable bonds is 3. The van der Waals surface area contributed by atoms with Crippen LogP contribution in [0.25, 0.3) is 0 Å². The fourth-order valence-electron chi connectivity index (χ4n) is 5.67. The van der Waals surface area contributed by atoms with Gasteiger partial charge in [0.25, 0.3) is 5.91 Å². The van der Waals surface area contributed by atoms with Crippen molar-refractivity contribution in [2.45, 2.75) is 25.3 Å². The van der Waals surface area contributed by atoms with Gasteiger partial charge in [-0.2, -0.15) is 0 Å². The van der Waals surface area contributed by atoms with Crippen LogP contribution in [0.5, 0.6) is 28.7 Å². The van der Waals surface area contributed by atoms with Gasteiger partial charge in [-0.1, -0.05) is 18.2 Å². The van der Waals surface area contributed by atoms with E-state index in [1.54, 1.807) is 29.2 Å². The molecule has 8 nitrogen and oxygen atoms in total. The van der Waals surface area contributed by atoms with Crippen LogP contribution in [-0.2, 0) is 17.6 Å². The fraction of sp³-hybridized carbons (Fsp3) is 0.235. The maximum atomic E-state index is 14.5. The van der Waals surface area contributed by atoms with Gasteiger partial charge in [-0.05, 0) is 84.1 Å². The first kappa shape index (κ1) is 29.0. The van der Waals surface area contributed by atoms with E-state index in [0.29, 0.717) is 42.4 Å². The second kappa shape index (κ2) is 12.2. The highest BCUT2D eigenvalue weighted by atomic mass is 19.1. The number of hydrogen-bond acceptors (Lipinski definition) is 6. The van der Waals surface area contributed by atoms with Gasteiger partial charge in [0.15, 0.2) is 11.5 Å². The molecule has 2 amide bonds. The summed E-state index contributed by atoms with van der Waals surface area (Å²) in [6, 6.07) is 18.3. The molecular weight excluding hydrogens is 570 g/mol. The van der Waals surface area contributed by atoms with Crippen molar-refractivity contribution in [3.63, 3.8) is 0 Å². The zero-order chi connectivity index (χ0) is 30.8. The number of amides is 2. The van der Waals surface area contributed by atoms with Crippen molar-refractivity contribution in [1.82, 2.24) is 10.2 Å². The van der Waals surface area contributed by atoms with Gasteiger partial charge in [-0.25, -0.2) is 8.78 Å². The van der Waals surface area contributed by atoms with E-state index < -0.39 is 35.9 Å². The van der Waals surface area contributed by atoms with Crippen molar-refractivity contribution in [3.05, 3.63) is 112 Å². The van der Waals surface area contributed by atoms with Gasteiger partial charge in [0.05, 0.1) is 31.7 Å². The maximum Gasteiger partial charge on any atom is 0.255 e. The summed E-state index contributed by atoms with van der Waals surface area (Å²) in [5.74, 6) is -0.759. The number of benzene rings is 4. The number of nitrogens with one attached hydrogen (secondary N) is 1. The summed E-state index contributed by atoms with van der Waals surface area (Å²) in [5, 5.41) is 13.1. The zero-order valence-electron chi connectivity index (χ0n) is 23.9. The minimum atomic E-state index is -0.768. The molecule has 0 radical (unpaired) electrons. The number of aromatic hydroxyl groups is 1. The van der Waals surface area contributed by atoms with Crippen LogP contribution >= 0.6 is 0 Å². The molecule has 3 aliphatic heterocycles. The van der Waals surface area contributed by atoms with Crippen LogP contribution in [-0.4, -0.2) is 48.6 Å². The van der Waals surface area contributed by atoms with Crippen LogP contribution < -0.4 is 19.5 Å². The normalized spacial score (nSPS) is 16.2. The topological polar surface area (TPSA) is 97.3 Å². The van der Waals surface area contributed by atoms with Gasteiger partial charge >= 0.3 is 0 Å². The second-order valence-corrected chi connectivity index (χ2v) is 10.6. The van der Waals surface area contributed by atoms with Crippen LogP contribution in [0.1, 0.15) is 45.1 Å². The molecule has 10 heteroatoms. The smallest absolute Gasteiger partial charge is 0.255 e. The van der Waals surface area contributed by atoms with Crippen molar-refractivity contribution in [2.75, 3.05) is 26.8 Å². The first-order valence-electron chi connectivity index (χ1n) is 14.3. The molecule has 1 atom stereocenters. The number of phenols is 1. The lowest BCUT2D eigenvalue weighted by molar-refractivity contribution is -0.132. The molecule has 44 heavy (non-hydrogen) atoms. The molecule has 3 aliphatic rings. The molecule has 0 saturated carbocycles. The summed E-state index contributed by atoms with van der Waals surface area (Å²) < 4.78 is 46.7. The summed E-state index contributed by atoms with van der Waals surface area (Å²) in [6.07, 6.45) is 0.500. The number of phenolic OH excluding ortho intramolecular Hbond substituents is 1. The van der Waals surface area contributed by atoms with Crippen LogP contribution in [0.2, 0.25) is 0 Å². The molecule has 7 rings (SSSR count). The van der Waals surface area contributed by atoms with Crippen LogP contribution in [0.15, 0.2) is 72.8 Å². The lowest BCUT2D eigenvalue weighted by Gasteiger charge is -2.38. The Kier molecular flexibility index (Phi) is 8.06. The zero-order valence-corrected chi connectivity index (χ0v) is 23.9. The molecule has 0 aromatic heterocycles. The first-order chi connectivity index (χ1) is 21.3. The van der Waals surface area contributed by atoms with E-state index in [9.17, 15) is 23.5 Å². The molecule has 0 fully saturated rings. The highest BCUT2D eigenvalue weighted by molar-refractivity contribution is 5.97. The third-order valence-electron chi connectivity index (χ3n) is 7.87. The number of ether oxygens (including phenoxy) is 3. The highest BCUT2D eigenvalue weighted by Gasteiger charge is 2.34. The third kappa shape index (κ3) is 5.75. The molecule has 0 saturated heterocycles. The molecule has 1 unspecified atom stereocenters. The molecule has 0 aliphatic carbocycles. The monoisotopic (exact) mass is 600 g/mol. The average molecular weight is 601 g/mol. The third-order valence-corrected chi connectivity index (χ3v) is 7.87. The van der Waals surface area contributed by atoms with E-state index in [2.05, 4.69) is 5.32 Å². The van der Waals surface area contributed by atoms with E-state index in [0.717, 1.165) is 28.8 Å². The number of methoxy groups -OCH3 is 1. The van der Waals surface area contributed by atoms with Crippen molar-refractivity contribution < 1.29 is 37.7 Å². The Hall–Kier alpha value is -5.12. The SMILES string of the molecule is COc1ccc2cc1OCCCNC(=O)c1cc(ccc1O)Oc1ccc3c(c1)CCN(C(=O)Cc1c(F)cccc1F)C23. The minimum Gasteiger partial charge on any atom is -0.507 e. The summed E-state index contributed by atoms with van der Waals surface area (Å²) in [4.78, 5) is 28.2. The minimum absolute atomic E-state index is 0.0809. The Morgan fingerprint density at radius 1 is 1.05 bits per heavy atom. The lowest BCUT2D eigenvalue weighted by Crippen LogP contribution is -2.41. The van der Waals surface area contributed by atoms with E-state index in [-0.39, 0.29) is 30.0 Å². The van der Waals surface area contributed by atoms with E-state index >= 15 is 0 Å². The number of halogens is 2. The summed E-state index contributed by atoms with van der Waals surface area (Å²) in [7, 11) is 1.53. The van der Waals surface area contributed by atoms with E-state index in [4.69, 9.17) is 14.2 Å².